The first-order chi connectivity index (χ1) is 14.9. The number of nitrogens with one attached hydrogen (secondary N) is 2. The highest BCUT2D eigenvalue weighted by molar-refractivity contribution is 5.94. The minimum Gasteiger partial charge on any atom is -0.363 e. The number of aryl methyl sites for hydroxylation is 1. The fourth-order valence-electron chi connectivity index (χ4n) is 3.60. The molecule has 4 rings (SSSR count). The lowest BCUT2D eigenvalue weighted by Crippen LogP contribution is -2.31. The number of nitrogens with zero attached hydrogens (tertiary/aromatic N) is 3. The van der Waals surface area contributed by atoms with Crippen molar-refractivity contribution >= 4 is 22.6 Å². The molecule has 31 heavy (non-hydrogen) atoms. The van der Waals surface area contributed by atoms with Crippen molar-refractivity contribution in [2.75, 3.05) is 19.0 Å². The summed E-state index contributed by atoms with van der Waals surface area (Å²) in [6.45, 7) is 1.83. The van der Waals surface area contributed by atoms with Crippen LogP contribution in [0.5, 0.6) is 0 Å². The van der Waals surface area contributed by atoms with Gasteiger partial charge in [0.25, 0.3) is 5.91 Å². The van der Waals surface area contributed by atoms with Crippen LogP contribution < -0.4 is 10.2 Å². The van der Waals surface area contributed by atoms with Crippen molar-refractivity contribution in [3.05, 3.63) is 89.3 Å². The number of amides is 1. The largest absolute Gasteiger partial charge is 0.363 e. The minimum absolute atomic E-state index is 0.266. The smallest absolute Gasteiger partial charge is 0.251 e. The molecule has 2 N–H and O–H groups in total. The summed E-state index contributed by atoms with van der Waals surface area (Å²) in [5, 5.41) is 4.13. The van der Waals surface area contributed by atoms with Crippen LogP contribution in [0.2, 0.25) is 0 Å². The second-order valence-corrected chi connectivity index (χ2v) is 7.69. The first-order valence-corrected chi connectivity index (χ1v) is 10.0. The lowest BCUT2D eigenvalue weighted by Gasteiger charge is -2.21. The van der Waals surface area contributed by atoms with Crippen molar-refractivity contribution in [2.24, 2.45) is 0 Å². The highest BCUT2D eigenvalue weighted by Crippen LogP contribution is 2.25. The molecule has 0 aliphatic heterocycles. The molecule has 0 saturated heterocycles. The molecule has 6 nitrogen and oxygen atoms in total. The van der Waals surface area contributed by atoms with Crippen LogP contribution in [0.3, 0.4) is 0 Å². The normalized spacial score (nSPS) is 12.0. The first-order valence-electron chi connectivity index (χ1n) is 10.0. The monoisotopic (exact) mass is 417 g/mol. The van der Waals surface area contributed by atoms with Crippen molar-refractivity contribution < 1.29 is 9.18 Å². The van der Waals surface area contributed by atoms with E-state index < -0.39 is 11.9 Å². The van der Waals surface area contributed by atoms with Gasteiger partial charge >= 0.3 is 0 Å². The van der Waals surface area contributed by atoms with Gasteiger partial charge in [0.1, 0.15) is 17.5 Å². The van der Waals surface area contributed by atoms with E-state index in [-0.39, 0.29) is 11.5 Å². The maximum Gasteiger partial charge on any atom is 0.251 e. The minimum atomic E-state index is -0.450. The predicted molar refractivity (Wildman–Crippen MR) is 120 cm³/mol. The zero-order valence-electron chi connectivity index (χ0n) is 17.7. The zero-order chi connectivity index (χ0) is 22.0. The Balaban J connectivity index is 1.72. The Kier molecular flexibility index (Phi) is 5.66. The van der Waals surface area contributed by atoms with E-state index in [0.717, 1.165) is 22.3 Å². The molecule has 0 radical (unpaired) electrons. The molecular weight excluding hydrogens is 393 g/mol. The highest BCUT2D eigenvalue weighted by atomic mass is 19.1. The van der Waals surface area contributed by atoms with E-state index in [1.165, 1.54) is 18.2 Å². The molecule has 0 aliphatic carbocycles. The Morgan fingerprint density at radius 2 is 1.94 bits per heavy atom. The van der Waals surface area contributed by atoms with E-state index in [4.69, 9.17) is 0 Å². The van der Waals surface area contributed by atoms with E-state index in [2.05, 4.69) is 20.3 Å². The highest BCUT2D eigenvalue weighted by Gasteiger charge is 2.21. The molecule has 0 bridgehead atoms. The Hall–Kier alpha value is -3.74. The molecule has 0 spiro atoms. The van der Waals surface area contributed by atoms with Gasteiger partial charge in [-0.2, -0.15) is 0 Å². The molecule has 0 saturated carbocycles. The van der Waals surface area contributed by atoms with Gasteiger partial charge in [0.05, 0.1) is 11.7 Å². The van der Waals surface area contributed by atoms with E-state index >= 15 is 0 Å². The maximum atomic E-state index is 13.7. The molecule has 0 fully saturated rings. The van der Waals surface area contributed by atoms with Crippen molar-refractivity contribution in [1.82, 2.24) is 20.3 Å². The van der Waals surface area contributed by atoms with Gasteiger partial charge in [-0.3, -0.25) is 4.79 Å². The van der Waals surface area contributed by atoms with Gasteiger partial charge in [0.15, 0.2) is 0 Å². The second kappa shape index (κ2) is 8.55. The van der Waals surface area contributed by atoms with E-state index in [9.17, 15) is 9.18 Å². The van der Waals surface area contributed by atoms with Crippen LogP contribution in [-0.4, -0.2) is 35.0 Å². The van der Waals surface area contributed by atoms with Crippen molar-refractivity contribution in [1.29, 1.82) is 0 Å². The van der Waals surface area contributed by atoms with Gasteiger partial charge in [0, 0.05) is 49.2 Å². The number of aromatic amines is 1. The third kappa shape index (κ3) is 4.55. The predicted octanol–water partition coefficient (Wildman–Crippen LogP) is 4.19. The third-order valence-corrected chi connectivity index (χ3v) is 5.15. The summed E-state index contributed by atoms with van der Waals surface area (Å²) in [5.41, 5.74) is 3.05. The molecule has 2 heterocycles. The number of benzene rings is 2. The number of carbonyl (C=O) groups excluding carboxylic acids is 1. The van der Waals surface area contributed by atoms with E-state index in [0.29, 0.717) is 17.9 Å². The van der Waals surface area contributed by atoms with Crippen LogP contribution in [-0.2, 0) is 6.42 Å². The van der Waals surface area contributed by atoms with Crippen LogP contribution in [0.1, 0.15) is 33.5 Å². The lowest BCUT2D eigenvalue weighted by molar-refractivity contribution is 0.0935. The molecule has 4 aromatic rings. The van der Waals surface area contributed by atoms with Crippen LogP contribution in [0.25, 0.3) is 10.9 Å². The van der Waals surface area contributed by atoms with Crippen LogP contribution in [0.15, 0.2) is 60.8 Å². The van der Waals surface area contributed by atoms with Gasteiger partial charge in [-0.15, -0.1) is 0 Å². The summed E-state index contributed by atoms with van der Waals surface area (Å²) in [6.07, 6.45) is 2.47. The zero-order valence-corrected chi connectivity index (χ0v) is 17.7. The third-order valence-electron chi connectivity index (χ3n) is 5.15. The Morgan fingerprint density at radius 3 is 2.71 bits per heavy atom. The number of carbonyl (C=O) groups is 1. The number of aromatic nitrogens is 3. The fraction of sp³-hybridized carbons (Fsp3) is 0.208. The average Bonchev–Trinajstić information content (AvgIpc) is 3.15. The van der Waals surface area contributed by atoms with Gasteiger partial charge in [-0.1, -0.05) is 24.3 Å². The summed E-state index contributed by atoms with van der Waals surface area (Å²) >= 11 is 0. The van der Waals surface area contributed by atoms with Crippen LogP contribution >= 0.6 is 0 Å². The molecule has 7 heteroatoms. The quantitative estimate of drug-likeness (QED) is 0.494. The number of halogens is 1. The number of H-pyrrole nitrogens is 1. The number of rotatable bonds is 6. The first kappa shape index (κ1) is 20.5. The number of fused-ring (bicyclic) bond motifs is 1. The maximum absolute atomic E-state index is 13.7. The summed E-state index contributed by atoms with van der Waals surface area (Å²) in [4.78, 5) is 27.2. The Labute approximate surface area is 180 Å². The lowest BCUT2D eigenvalue weighted by atomic mass is 10.0. The SMILES string of the molecule is Cc1nc([C@H](Cc2c[nH]c3ccccc23)NC(=O)c2cccc(F)c2)cc(N(C)C)n1. The standard InChI is InChI=1S/C24H24FN5O/c1-15-27-22(13-23(28-15)30(2)3)21(29-24(31)16-7-6-8-18(25)11-16)12-17-14-26-20-10-5-4-9-19(17)20/h4-11,13-14,21,26H,12H2,1-3H3,(H,29,31)/t21-/m0/s1. The number of para-hydroxylation sites is 1. The van der Waals surface area contributed by atoms with Crippen molar-refractivity contribution in [2.45, 2.75) is 19.4 Å². The molecule has 0 aliphatic rings. The molecule has 158 valence electrons. The summed E-state index contributed by atoms with van der Waals surface area (Å²) < 4.78 is 13.7. The summed E-state index contributed by atoms with van der Waals surface area (Å²) in [5.74, 6) is 0.567. The van der Waals surface area contributed by atoms with Crippen LogP contribution in [0, 0.1) is 12.7 Å². The summed E-state index contributed by atoms with van der Waals surface area (Å²) in [7, 11) is 3.82. The van der Waals surface area contributed by atoms with E-state index in [1.807, 2.05) is 62.4 Å². The van der Waals surface area contributed by atoms with Crippen LogP contribution in [0.4, 0.5) is 10.2 Å². The number of anilines is 1. The average molecular weight is 417 g/mol. The van der Waals surface area contributed by atoms with Gasteiger partial charge in [-0.05, 0) is 36.8 Å². The number of hydrogen-bond acceptors (Lipinski definition) is 4. The topological polar surface area (TPSA) is 73.9 Å². The molecule has 0 unspecified atom stereocenters. The van der Waals surface area contributed by atoms with Gasteiger partial charge < -0.3 is 15.2 Å². The second-order valence-electron chi connectivity index (χ2n) is 7.69. The van der Waals surface area contributed by atoms with Crippen molar-refractivity contribution in [3.8, 4) is 0 Å². The molecular formula is C24H24FN5O. The van der Waals surface area contributed by atoms with E-state index in [1.54, 1.807) is 6.07 Å². The Morgan fingerprint density at radius 1 is 1.13 bits per heavy atom. The molecule has 1 amide bonds. The van der Waals surface area contributed by atoms with Gasteiger partial charge in [-0.25, -0.2) is 14.4 Å². The molecule has 2 aromatic carbocycles. The Bertz CT molecular complexity index is 1230. The van der Waals surface area contributed by atoms with Crippen molar-refractivity contribution in [3.63, 3.8) is 0 Å². The summed E-state index contributed by atoms with van der Waals surface area (Å²) in [6, 6.07) is 15.1. The number of hydrogen-bond donors (Lipinski definition) is 2. The fourth-order valence-corrected chi connectivity index (χ4v) is 3.60. The molecule has 1 atom stereocenters. The molecule has 2 aromatic heterocycles. The van der Waals surface area contributed by atoms with Gasteiger partial charge in [0.2, 0.25) is 0 Å².